The second-order valence-electron chi connectivity index (χ2n) is 8.71. The Kier molecular flexibility index (Phi) is 6.66. The normalized spacial score (nSPS) is 15.2. The first-order valence-corrected chi connectivity index (χ1v) is 13.0. The van der Waals surface area contributed by atoms with Gasteiger partial charge in [-0.25, -0.2) is 22.2 Å². The third-order valence-electron chi connectivity index (χ3n) is 6.28. The van der Waals surface area contributed by atoms with E-state index in [0.717, 1.165) is 34.8 Å². The molecule has 2 aromatic carbocycles. The van der Waals surface area contributed by atoms with E-state index in [-0.39, 0.29) is 5.69 Å². The van der Waals surface area contributed by atoms with Gasteiger partial charge in [-0.1, -0.05) is 6.07 Å². The smallest absolute Gasteiger partial charge is 0.180 e. The number of aromatic nitrogens is 1. The van der Waals surface area contributed by atoms with E-state index >= 15 is 0 Å². The van der Waals surface area contributed by atoms with Crippen molar-refractivity contribution in [1.29, 1.82) is 5.26 Å². The molecule has 1 saturated heterocycles. The minimum Gasteiger partial charge on any atom is -0.378 e. The zero-order valence-electron chi connectivity index (χ0n) is 19.9. The number of anilines is 2. The van der Waals surface area contributed by atoms with Crippen molar-refractivity contribution in [2.24, 2.45) is 0 Å². The summed E-state index contributed by atoms with van der Waals surface area (Å²) in [6, 6.07) is 7.60. The van der Waals surface area contributed by atoms with Crippen LogP contribution in [0.5, 0.6) is 0 Å². The lowest BCUT2D eigenvalue weighted by molar-refractivity contribution is 0.122. The van der Waals surface area contributed by atoms with Crippen molar-refractivity contribution in [2.45, 2.75) is 31.7 Å². The average Bonchev–Trinajstić information content (AvgIpc) is 2.81. The Morgan fingerprint density at radius 3 is 2.49 bits per heavy atom. The molecule has 1 N–H and O–H groups in total. The van der Waals surface area contributed by atoms with Crippen LogP contribution in [0.25, 0.3) is 10.9 Å². The molecule has 1 aromatic heterocycles. The van der Waals surface area contributed by atoms with Crippen LogP contribution in [0.2, 0.25) is 0 Å². The molecular weight excluding hydrogens is 474 g/mol. The maximum Gasteiger partial charge on any atom is 0.180 e. The Morgan fingerprint density at radius 1 is 1.17 bits per heavy atom. The van der Waals surface area contributed by atoms with E-state index in [9.17, 15) is 22.5 Å². The number of benzene rings is 2. The zero-order valence-corrected chi connectivity index (χ0v) is 20.8. The monoisotopic (exact) mass is 500 g/mol. The number of ether oxygens (including phenoxy) is 1. The van der Waals surface area contributed by atoms with Crippen molar-refractivity contribution in [1.82, 2.24) is 4.98 Å². The standard InChI is InChI=1S/C25H26F2N4O3S/c1-14-5-7-19-22(17(13-28)15(2)25(30-19)31-9-11-34-12-10-31)21(14)16(3)29-20-8-6-18(26)23(27)24(20)35(4,32)33/h5-8,16,29H,9-12H2,1-4H3. The zero-order chi connectivity index (χ0) is 25.5. The predicted molar refractivity (Wildman–Crippen MR) is 130 cm³/mol. The van der Waals surface area contributed by atoms with Crippen molar-refractivity contribution >= 4 is 32.2 Å². The van der Waals surface area contributed by atoms with Gasteiger partial charge in [0.15, 0.2) is 21.5 Å². The van der Waals surface area contributed by atoms with Gasteiger partial charge in [0.25, 0.3) is 0 Å². The molecule has 0 spiro atoms. The largest absolute Gasteiger partial charge is 0.378 e. The van der Waals surface area contributed by atoms with Gasteiger partial charge in [-0.05, 0) is 50.1 Å². The Bertz CT molecular complexity index is 1460. The summed E-state index contributed by atoms with van der Waals surface area (Å²) in [7, 11) is -4.06. The first-order valence-electron chi connectivity index (χ1n) is 11.2. The molecule has 0 bridgehead atoms. The summed E-state index contributed by atoms with van der Waals surface area (Å²) >= 11 is 0. The van der Waals surface area contributed by atoms with Gasteiger partial charge in [0, 0.05) is 36.3 Å². The van der Waals surface area contributed by atoms with E-state index in [1.54, 1.807) is 6.92 Å². The van der Waals surface area contributed by atoms with Crippen molar-refractivity contribution in [3.05, 3.63) is 58.2 Å². The number of hydrogen-bond donors (Lipinski definition) is 1. The molecule has 35 heavy (non-hydrogen) atoms. The molecule has 1 fully saturated rings. The van der Waals surface area contributed by atoms with Crippen molar-refractivity contribution in [2.75, 3.05) is 42.8 Å². The van der Waals surface area contributed by atoms with Crippen LogP contribution in [0.3, 0.4) is 0 Å². The molecule has 0 radical (unpaired) electrons. The summed E-state index contributed by atoms with van der Waals surface area (Å²) in [4.78, 5) is 6.23. The highest BCUT2D eigenvalue weighted by molar-refractivity contribution is 7.90. The fourth-order valence-electron chi connectivity index (χ4n) is 4.66. The van der Waals surface area contributed by atoms with Crippen LogP contribution >= 0.6 is 0 Å². The number of rotatable bonds is 5. The van der Waals surface area contributed by atoms with Gasteiger partial charge in [0.1, 0.15) is 16.8 Å². The highest BCUT2D eigenvalue weighted by atomic mass is 32.2. The molecular formula is C25H26F2N4O3S. The minimum atomic E-state index is -4.06. The van der Waals surface area contributed by atoms with E-state index in [0.29, 0.717) is 42.8 Å². The summed E-state index contributed by atoms with van der Waals surface area (Å²) < 4.78 is 58.2. The Morgan fingerprint density at radius 2 is 1.86 bits per heavy atom. The van der Waals surface area contributed by atoms with Crippen LogP contribution in [0, 0.1) is 36.8 Å². The average molecular weight is 501 g/mol. The number of hydrogen-bond acceptors (Lipinski definition) is 7. The number of morpholine rings is 1. The molecule has 10 heteroatoms. The molecule has 4 rings (SSSR count). The van der Waals surface area contributed by atoms with Crippen LogP contribution in [0.1, 0.15) is 35.2 Å². The Hall–Kier alpha value is -3.29. The lowest BCUT2D eigenvalue weighted by Gasteiger charge is -2.30. The van der Waals surface area contributed by atoms with Gasteiger partial charge in [0.05, 0.1) is 30.0 Å². The van der Waals surface area contributed by atoms with Gasteiger partial charge in [-0.15, -0.1) is 0 Å². The quantitative estimate of drug-likeness (QED) is 0.554. The molecule has 0 amide bonds. The molecule has 0 aliphatic carbocycles. The van der Waals surface area contributed by atoms with Gasteiger partial charge in [0.2, 0.25) is 0 Å². The lowest BCUT2D eigenvalue weighted by Crippen LogP contribution is -2.37. The fraction of sp³-hybridized carbons (Fsp3) is 0.360. The van der Waals surface area contributed by atoms with Crippen molar-refractivity contribution in [3.63, 3.8) is 0 Å². The Labute approximate surface area is 203 Å². The highest BCUT2D eigenvalue weighted by Gasteiger charge is 2.26. The van der Waals surface area contributed by atoms with Gasteiger partial charge < -0.3 is 15.0 Å². The number of aryl methyl sites for hydroxylation is 1. The SMILES string of the molecule is Cc1ccc2nc(N3CCOCC3)c(C)c(C#N)c2c1C(C)Nc1ccc(F)c(F)c1S(C)(=O)=O. The topological polar surface area (TPSA) is 95.3 Å². The number of sulfone groups is 1. The number of nitriles is 1. The van der Waals surface area contributed by atoms with Gasteiger partial charge >= 0.3 is 0 Å². The first-order chi connectivity index (χ1) is 16.5. The highest BCUT2D eigenvalue weighted by Crippen LogP contribution is 2.37. The minimum absolute atomic E-state index is 0.0524. The summed E-state index contributed by atoms with van der Waals surface area (Å²) in [5.74, 6) is -1.94. The van der Waals surface area contributed by atoms with E-state index in [1.165, 1.54) is 6.07 Å². The molecule has 1 aliphatic rings. The molecule has 2 heterocycles. The summed E-state index contributed by atoms with van der Waals surface area (Å²) in [5, 5.41) is 13.8. The van der Waals surface area contributed by atoms with Gasteiger partial charge in [-0.3, -0.25) is 0 Å². The third kappa shape index (κ3) is 4.54. The molecule has 3 aromatic rings. The van der Waals surface area contributed by atoms with E-state index in [1.807, 2.05) is 26.0 Å². The van der Waals surface area contributed by atoms with Gasteiger partial charge in [-0.2, -0.15) is 5.26 Å². The lowest BCUT2D eigenvalue weighted by atomic mass is 9.92. The molecule has 0 saturated carbocycles. The third-order valence-corrected chi connectivity index (χ3v) is 7.42. The van der Waals surface area contributed by atoms with Crippen LogP contribution in [0.15, 0.2) is 29.2 Å². The van der Waals surface area contributed by atoms with Crippen LogP contribution < -0.4 is 10.2 Å². The van der Waals surface area contributed by atoms with Crippen LogP contribution in [-0.2, 0) is 14.6 Å². The maximum absolute atomic E-state index is 14.5. The fourth-order valence-corrected chi connectivity index (χ4v) is 5.61. The first kappa shape index (κ1) is 24.8. The molecule has 1 atom stereocenters. The maximum atomic E-state index is 14.5. The number of halogens is 2. The summed E-state index contributed by atoms with van der Waals surface area (Å²) in [6.07, 6.45) is 0.831. The number of nitrogens with one attached hydrogen (secondary N) is 1. The van der Waals surface area contributed by atoms with E-state index < -0.39 is 32.4 Å². The van der Waals surface area contributed by atoms with Crippen molar-refractivity contribution < 1.29 is 21.9 Å². The number of pyridine rings is 1. The Balaban J connectivity index is 1.88. The van der Waals surface area contributed by atoms with Crippen molar-refractivity contribution in [3.8, 4) is 6.07 Å². The molecule has 184 valence electrons. The second-order valence-corrected chi connectivity index (χ2v) is 10.7. The van der Waals surface area contributed by atoms with E-state index in [4.69, 9.17) is 9.72 Å². The molecule has 1 unspecified atom stereocenters. The predicted octanol–water partition coefficient (Wildman–Crippen LogP) is 4.41. The summed E-state index contributed by atoms with van der Waals surface area (Å²) in [6.45, 7) is 8.02. The van der Waals surface area contributed by atoms with E-state index in [2.05, 4.69) is 16.3 Å². The number of nitrogens with zero attached hydrogens (tertiary/aromatic N) is 3. The van der Waals surface area contributed by atoms with Crippen LogP contribution in [0.4, 0.5) is 20.3 Å². The molecule has 1 aliphatic heterocycles. The summed E-state index contributed by atoms with van der Waals surface area (Å²) in [5.41, 5.74) is 3.35. The molecule has 7 nitrogen and oxygen atoms in total. The number of fused-ring (bicyclic) bond motifs is 1. The second kappa shape index (κ2) is 9.40. The van der Waals surface area contributed by atoms with Crippen LogP contribution in [-0.4, -0.2) is 46.0 Å².